The average Bonchev–Trinajstić information content (AvgIpc) is 3.20. The first-order chi connectivity index (χ1) is 14.0. The molecular weight excluding hydrogens is 392 g/mol. The molecule has 29 heavy (non-hydrogen) atoms. The van der Waals surface area contributed by atoms with Crippen molar-refractivity contribution in [1.29, 1.82) is 0 Å². The molecule has 0 radical (unpaired) electrons. The van der Waals surface area contributed by atoms with Gasteiger partial charge in [-0.2, -0.15) is 4.31 Å². The van der Waals surface area contributed by atoms with E-state index in [1.54, 1.807) is 37.6 Å². The van der Waals surface area contributed by atoms with Crippen LogP contribution in [-0.2, 0) is 10.0 Å². The molecule has 3 aromatic rings. The maximum Gasteiger partial charge on any atom is 0.243 e. The zero-order valence-corrected chi connectivity index (χ0v) is 17.1. The minimum absolute atomic E-state index is 0.270. The number of methoxy groups -OCH3 is 1. The van der Waals surface area contributed by atoms with Gasteiger partial charge in [0.15, 0.2) is 11.6 Å². The lowest BCUT2D eigenvalue weighted by Gasteiger charge is -2.34. The summed E-state index contributed by atoms with van der Waals surface area (Å²) in [6.07, 6.45) is 3.55. The van der Waals surface area contributed by atoms with Gasteiger partial charge in [-0.15, -0.1) is 10.2 Å². The minimum Gasteiger partial charge on any atom is -0.497 e. The lowest BCUT2D eigenvalue weighted by Crippen LogP contribution is -2.49. The SMILES string of the molecule is COc1ccc(S(=O)(=O)N2CCN(c3ccc(-n4ccnc4C)nn3)CC2)cc1. The Morgan fingerprint density at radius 2 is 1.59 bits per heavy atom. The molecule has 0 saturated carbocycles. The van der Waals surface area contributed by atoms with Crippen LogP contribution in [0, 0.1) is 6.92 Å². The van der Waals surface area contributed by atoms with E-state index in [1.807, 2.05) is 34.7 Å². The largest absolute Gasteiger partial charge is 0.497 e. The second-order valence-corrected chi connectivity index (χ2v) is 8.60. The third kappa shape index (κ3) is 3.81. The Hall–Kier alpha value is -2.98. The Labute approximate surface area is 169 Å². The number of imidazole rings is 1. The molecular formula is C19H22N6O3S. The molecule has 2 aromatic heterocycles. The van der Waals surface area contributed by atoms with E-state index in [9.17, 15) is 8.42 Å². The van der Waals surface area contributed by atoms with Gasteiger partial charge in [0, 0.05) is 38.6 Å². The summed E-state index contributed by atoms with van der Waals surface area (Å²) >= 11 is 0. The summed E-state index contributed by atoms with van der Waals surface area (Å²) in [7, 11) is -1.98. The molecule has 0 atom stereocenters. The monoisotopic (exact) mass is 414 g/mol. The van der Waals surface area contributed by atoms with Gasteiger partial charge in [-0.05, 0) is 43.3 Å². The molecule has 0 aliphatic carbocycles. The van der Waals surface area contributed by atoms with Gasteiger partial charge in [-0.25, -0.2) is 13.4 Å². The van der Waals surface area contributed by atoms with Gasteiger partial charge in [0.05, 0.1) is 12.0 Å². The van der Waals surface area contributed by atoms with Crippen molar-refractivity contribution in [3.8, 4) is 11.6 Å². The predicted molar refractivity (Wildman–Crippen MR) is 108 cm³/mol. The first-order valence-electron chi connectivity index (χ1n) is 9.22. The number of anilines is 1. The Morgan fingerprint density at radius 1 is 0.931 bits per heavy atom. The summed E-state index contributed by atoms with van der Waals surface area (Å²) in [6, 6.07) is 10.2. The van der Waals surface area contributed by atoms with Crippen LogP contribution in [0.2, 0.25) is 0 Å². The second-order valence-electron chi connectivity index (χ2n) is 6.66. The molecule has 152 valence electrons. The maximum absolute atomic E-state index is 12.9. The fourth-order valence-corrected chi connectivity index (χ4v) is 4.71. The van der Waals surface area contributed by atoms with Crippen LogP contribution in [0.3, 0.4) is 0 Å². The molecule has 1 aliphatic heterocycles. The van der Waals surface area contributed by atoms with E-state index in [4.69, 9.17) is 4.74 Å². The van der Waals surface area contributed by atoms with Crippen LogP contribution in [0.5, 0.6) is 5.75 Å². The highest BCUT2D eigenvalue weighted by molar-refractivity contribution is 7.89. The van der Waals surface area contributed by atoms with E-state index in [0.717, 1.165) is 11.6 Å². The number of hydrogen-bond acceptors (Lipinski definition) is 7. The summed E-state index contributed by atoms with van der Waals surface area (Å²) in [5.74, 6) is 2.89. The van der Waals surface area contributed by atoms with E-state index in [-0.39, 0.29) is 4.90 Å². The third-order valence-corrected chi connectivity index (χ3v) is 6.88. The zero-order chi connectivity index (χ0) is 20.4. The summed E-state index contributed by atoms with van der Waals surface area (Å²) in [4.78, 5) is 6.50. The Balaban J connectivity index is 1.43. The summed E-state index contributed by atoms with van der Waals surface area (Å²) in [5.41, 5.74) is 0. The molecule has 0 N–H and O–H groups in total. The normalized spacial score (nSPS) is 15.4. The molecule has 0 spiro atoms. The van der Waals surface area contributed by atoms with Crippen LogP contribution in [-0.4, -0.2) is 65.8 Å². The van der Waals surface area contributed by atoms with Crippen molar-refractivity contribution in [1.82, 2.24) is 24.1 Å². The molecule has 1 fully saturated rings. The quantitative estimate of drug-likeness (QED) is 0.624. The number of aryl methyl sites for hydroxylation is 1. The topological polar surface area (TPSA) is 93.5 Å². The van der Waals surface area contributed by atoms with Crippen LogP contribution in [0.4, 0.5) is 5.82 Å². The van der Waals surface area contributed by atoms with Crippen LogP contribution in [0.25, 0.3) is 5.82 Å². The van der Waals surface area contributed by atoms with Crippen molar-refractivity contribution in [2.75, 3.05) is 38.2 Å². The molecule has 4 rings (SSSR count). The first kappa shape index (κ1) is 19.3. The smallest absolute Gasteiger partial charge is 0.243 e. The molecule has 9 nitrogen and oxygen atoms in total. The second kappa shape index (κ2) is 7.80. The van der Waals surface area contributed by atoms with Crippen molar-refractivity contribution in [3.63, 3.8) is 0 Å². The van der Waals surface area contributed by atoms with Gasteiger partial charge in [-0.1, -0.05) is 0 Å². The van der Waals surface area contributed by atoms with Gasteiger partial charge in [-0.3, -0.25) is 4.57 Å². The summed E-state index contributed by atoms with van der Waals surface area (Å²) < 4.78 is 34.2. The van der Waals surface area contributed by atoms with Crippen LogP contribution in [0.1, 0.15) is 5.82 Å². The third-order valence-electron chi connectivity index (χ3n) is 4.97. The highest BCUT2D eigenvalue weighted by atomic mass is 32.2. The van der Waals surface area contributed by atoms with Crippen molar-refractivity contribution < 1.29 is 13.2 Å². The van der Waals surface area contributed by atoms with Gasteiger partial charge in [0.2, 0.25) is 10.0 Å². The summed E-state index contributed by atoms with van der Waals surface area (Å²) in [5, 5.41) is 8.59. The van der Waals surface area contributed by atoms with Gasteiger partial charge in [0.1, 0.15) is 11.6 Å². The number of rotatable bonds is 5. The molecule has 0 bridgehead atoms. The van der Waals surface area contributed by atoms with Gasteiger partial charge in [0.25, 0.3) is 0 Å². The zero-order valence-electron chi connectivity index (χ0n) is 16.3. The Morgan fingerprint density at radius 3 is 2.14 bits per heavy atom. The van der Waals surface area contributed by atoms with Gasteiger partial charge < -0.3 is 9.64 Å². The first-order valence-corrected chi connectivity index (χ1v) is 10.7. The standard InChI is InChI=1S/C19H22N6O3S/c1-15-20-9-10-25(15)19-8-7-18(21-22-19)23-11-13-24(14-12-23)29(26,27)17-5-3-16(28-2)4-6-17/h3-10H,11-14H2,1-2H3. The number of hydrogen-bond donors (Lipinski definition) is 0. The summed E-state index contributed by atoms with van der Waals surface area (Å²) in [6.45, 7) is 3.77. The fraction of sp³-hybridized carbons (Fsp3) is 0.316. The lowest BCUT2D eigenvalue weighted by molar-refractivity contribution is 0.383. The van der Waals surface area contributed by atoms with E-state index < -0.39 is 10.0 Å². The van der Waals surface area contributed by atoms with E-state index in [1.165, 1.54) is 4.31 Å². The Kier molecular flexibility index (Phi) is 5.20. The minimum atomic E-state index is -3.53. The molecule has 0 amide bonds. The highest BCUT2D eigenvalue weighted by Crippen LogP contribution is 2.22. The van der Waals surface area contributed by atoms with Gasteiger partial charge >= 0.3 is 0 Å². The fourth-order valence-electron chi connectivity index (χ4n) is 3.29. The molecule has 1 saturated heterocycles. The van der Waals surface area contributed by atoms with E-state index >= 15 is 0 Å². The highest BCUT2D eigenvalue weighted by Gasteiger charge is 2.29. The van der Waals surface area contributed by atoms with Crippen LogP contribution >= 0.6 is 0 Å². The number of sulfonamides is 1. The number of aromatic nitrogens is 4. The van der Waals surface area contributed by atoms with Crippen LogP contribution < -0.4 is 9.64 Å². The molecule has 1 aromatic carbocycles. The number of ether oxygens (including phenoxy) is 1. The van der Waals surface area contributed by atoms with Crippen LogP contribution in [0.15, 0.2) is 53.7 Å². The number of piperazine rings is 1. The molecule has 0 unspecified atom stereocenters. The molecule has 1 aliphatic rings. The van der Waals surface area contributed by atoms with Crippen molar-refractivity contribution >= 4 is 15.8 Å². The lowest BCUT2D eigenvalue weighted by atomic mass is 10.3. The number of nitrogens with zero attached hydrogens (tertiary/aromatic N) is 6. The number of benzene rings is 1. The Bertz CT molecular complexity index is 1070. The van der Waals surface area contributed by atoms with E-state index in [2.05, 4.69) is 15.2 Å². The van der Waals surface area contributed by atoms with Crippen molar-refractivity contribution in [3.05, 3.63) is 54.6 Å². The molecule has 3 heterocycles. The van der Waals surface area contributed by atoms with E-state index in [0.29, 0.717) is 37.7 Å². The predicted octanol–water partition coefficient (Wildman–Crippen LogP) is 1.49. The maximum atomic E-state index is 12.9. The molecule has 10 heteroatoms. The van der Waals surface area contributed by atoms with Crippen molar-refractivity contribution in [2.24, 2.45) is 0 Å². The van der Waals surface area contributed by atoms with Crippen molar-refractivity contribution in [2.45, 2.75) is 11.8 Å². The average molecular weight is 414 g/mol.